The molecule has 0 aliphatic rings. The van der Waals surface area contributed by atoms with Crippen molar-refractivity contribution < 1.29 is 32.3 Å². The van der Waals surface area contributed by atoms with Crippen molar-refractivity contribution in [2.75, 3.05) is 0 Å². The van der Waals surface area contributed by atoms with Crippen molar-refractivity contribution in [2.24, 2.45) is 0 Å². The summed E-state index contributed by atoms with van der Waals surface area (Å²) in [4.78, 5) is 15.1. The molecule has 0 unspecified atom stereocenters. The van der Waals surface area contributed by atoms with E-state index in [1.54, 1.807) is 29.0 Å². The largest absolute Gasteiger partial charge is 0.481 e. The molecule has 0 spiro atoms. The molecule has 0 aliphatic heterocycles. The number of aryl methyl sites for hydroxylation is 1. The molecule has 11 heteroatoms. The van der Waals surface area contributed by atoms with E-state index in [1.165, 1.54) is 12.3 Å². The lowest BCUT2D eigenvalue weighted by molar-refractivity contribution is -0.139. The zero-order chi connectivity index (χ0) is 22.9. The van der Waals surface area contributed by atoms with E-state index in [2.05, 4.69) is 14.9 Å². The number of aromatic nitrogens is 3. The van der Waals surface area contributed by atoms with Crippen LogP contribution in [-0.2, 0) is 17.5 Å². The van der Waals surface area contributed by atoms with Gasteiger partial charge in [-0.15, -0.1) is 5.26 Å². The van der Waals surface area contributed by atoms with Crippen molar-refractivity contribution in [2.45, 2.75) is 19.1 Å². The van der Waals surface area contributed by atoms with E-state index < -0.39 is 23.5 Å². The van der Waals surface area contributed by atoms with Crippen LogP contribution < -0.4 is 4.74 Å². The summed E-state index contributed by atoms with van der Waals surface area (Å²) in [5.41, 5.74) is 0.195. The van der Waals surface area contributed by atoms with Crippen LogP contribution in [0.2, 0.25) is 0 Å². The Bertz CT molecular complexity index is 1350. The van der Waals surface area contributed by atoms with Gasteiger partial charge in [-0.05, 0) is 30.3 Å². The molecule has 2 aromatic carbocycles. The maximum atomic E-state index is 13.3. The number of nitriles is 1. The van der Waals surface area contributed by atoms with Crippen LogP contribution in [0.1, 0.15) is 12.0 Å². The molecule has 32 heavy (non-hydrogen) atoms. The Balaban J connectivity index is 1.71. The number of hydrogen-bond donors (Lipinski definition) is 1. The second-order valence-corrected chi connectivity index (χ2v) is 6.72. The Morgan fingerprint density at radius 2 is 2.06 bits per heavy atom. The maximum absolute atomic E-state index is 13.3. The Kier molecular flexibility index (Phi) is 5.28. The van der Waals surface area contributed by atoms with Gasteiger partial charge in [0, 0.05) is 34.8 Å². The summed E-state index contributed by atoms with van der Waals surface area (Å²) in [5, 5.41) is 22.1. The van der Waals surface area contributed by atoms with Crippen molar-refractivity contribution in [3.05, 3.63) is 54.2 Å². The van der Waals surface area contributed by atoms with Crippen LogP contribution in [0.4, 0.5) is 13.2 Å². The van der Waals surface area contributed by atoms with Crippen LogP contribution >= 0.6 is 0 Å². The minimum atomic E-state index is -4.75. The highest BCUT2D eigenvalue weighted by atomic mass is 19.4. The first-order chi connectivity index (χ1) is 15.3. The van der Waals surface area contributed by atoms with Crippen LogP contribution in [0.25, 0.3) is 33.7 Å². The van der Waals surface area contributed by atoms with Crippen molar-refractivity contribution in [3.8, 4) is 34.8 Å². The molecule has 4 aromatic rings. The number of aliphatic carboxylic acids is 1. The van der Waals surface area contributed by atoms with Crippen LogP contribution in [0.5, 0.6) is 5.75 Å². The highest BCUT2D eigenvalue weighted by Gasteiger charge is 2.35. The van der Waals surface area contributed by atoms with E-state index in [0.29, 0.717) is 5.56 Å². The summed E-state index contributed by atoms with van der Waals surface area (Å²) < 4.78 is 51.4. The molecule has 0 saturated heterocycles. The van der Waals surface area contributed by atoms with Gasteiger partial charge in [-0.25, -0.2) is 0 Å². The molecular formula is C21H13F3N4O4. The Morgan fingerprint density at radius 1 is 1.25 bits per heavy atom. The smallest absolute Gasteiger partial charge is 0.420 e. The van der Waals surface area contributed by atoms with Gasteiger partial charge >= 0.3 is 12.1 Å². The summed E-state index contributed by atoms with van der Waals surface area (Å²) in [5.74, 6) is -1.53. The van der Waals surface area contributed by atoms with Gasteiger partial charge in [0.2, 0.25) is 5.82 Å². The Hall–Kier alpha value is -4.33. The zero-order valence-corrected chi connectivity index (χ0v) is 16.1. The first-order valence-corrected chi connectivity index (χ1v) is 9.19. The number of carbonyl (C=O) groups is 1. The average Bonchev–Trinajstić information content (AvgIpc) is 3.39. The molecule has 2 heterocycles. The Labute approximate surface area is 178 Å². The maximum Gasteiger partial charge on any atom is 0.420 e. The van der Waals surface area contributed by atoms with Gasteiger partial charge in [-0.3, -0.25) is 4.79 Å². The van der Waals surface area contributed by atoms with Crippen molar-refractivity contribution in [1.29, 1.82) is 5.26 Å². The number of fused-ring (bicyclic) bond motifs is 1. The quantitative estimate of drug-likeness (QED) is 0.430. The van der Waals surface area contributed by atoms with E-state index in [9.17, 15) is 18.0 Å². The van der Waals surface area contributed by atoms with Crippen LogP contribution in [0.15, 0.2) is 53.2 Å². The molecule has 0 atom stereocenters. The lowest BCUT2D eigenvalue weighted by Crippen LogP contribution is -2.07. The fourth-order valence-electron chi connectivity index (χ4n) is 3.30. The number of hydrogen-bond acceptors (Lipinski definition) is 6. The fraction of sp³-hybridized carbons (Fsp3) is 0.143. The molecule has 1 N–H and O–H groups in total. The van der Waals surface area contributed by atoms with Crippen LogP contribution in [0, 0.1) is 11.5 Å². The zero-order valence-electron chi connectivity index (χ0n) is 16.1. The number of carboxylic acids is 1. The second kappa shape index (κ2) is 8.07. The van der Waals surface area contributed by atoms with Crippen molar-refractivity contribution in [3.63, 3.8) is 0 Å². The molecule has 0 aliphatic carbocycles. The minimum Gasteiger partial charge on any atom is -0.481 e. The highest BCUT2D eigenvalue weighted by Crippen LogP contribution is 2.39. The molecular weight excluding hydrogens is 429 g/mol. The predicted molar refractivity (Wildman–Crippen MR) is 104 cm³/mol. The number of alkyl halides is 3. The standard InChI is InChI=1S/C21H13F3N4O4/c22-21(23,24)15-10-12(4-5-17(15)31-11-25)20-26-19(27-32-20)14-2-1-3-16-13(14)6-8-28(16)9-7-18(29)30/h1-6,8,10H,7,9H2,(H,29,30). The summed E-state index contributed by atoms with van der Waals surface area (Å²) in [6, 6.07) is 10.1. The topological polar surface area (TPSA) is 114 Å². The average molecular weight is 442 g/mol. The van der Waals surface area contributed by atoms with Gasteiger partial charge in [-0.2, -0.15) is 18.2 Å². The molecule has 8 nitrogen and oxygen atoms in total. The molecule has 4 rings (SSSR count). The van der Waals surface area contributed by atoms with Crippen LogP contribution in [-0.4, -0.2) is 25.8 Å². The Morgan fingerprint density at radius 3 is 2.78 bits per heavy atom. The molecule has 0 fully saturated rings. The first-order valence-electron chi connectivity index (χ1n) is 9.19. The van der Waals surface area contributed by atoms with E-state index in [-0.39, 0.29) is 30.2 Å². The number of benzene rings is 2. The summed E-state index contributed by atoms with van der Waals surface area (Å²) in [7, 11) is 0. The monoisotopic (exact) mass is 442 g/mol. The van der Waals surface area contributed by atoms with Crippen molar-refractivity contribution >= 4 is 16.9 Å². The van der Waals surface area contributed by atoms with Gasteiger partial charge in [0.1, 0.15) is 5.56 Å². The van der Waals surface area contributed by atoms with E-state index in [4.69, 9.17) is 14.9 Å². The van der Waals surface area contributed by atoms with Gasteiger partial charge in [0.05, 0.1) is 6.42 Å². The number of nitrogens with zero attached hydrogens (tertiary/aromatic N) is 4. The fourth-order valence-corrected chi connectivity index (χ4v) is 3.30. The van der Waals surface area contributed by atoms with Gasteiger partial charge in [-0.1, -0.05) is 17.3 Å². The third-order valence-corrected chi connectivity index (χ3v) is 4.73. The second-order valence-electron chi connectivity index (χ2n) is 6.72. The number of ether oxygens (including phenoxy) is 1. The minimum absolute atomic E-state index is 0.00701. The van der Waals surface area contributed by atoms with Gasteiger partial charge < -0.3 is 18.9 Å². The summed E-state index contributed by atoms with van der Waals surface area (Å²) >= 11 is 0. The van der Waals surface area contributed by atoms with Crippen LogP contribution in [0.3, 0.4) is 0 Å². The van der Waals surface area contributed by atoms with E-state index in [0.717, 1.165) is 23.0 Å². The van der Waals surface area contributed by atoms with E-state index >= 15 is 0 Å². The first kappa shape index (κ1) is 20.9. The lowest BCUT2D eigenvalue weighted by atomic mass is 10.1. The van der Waals surface area contributed by atoms with Crippen molar-refractivity contribution in [1.82, 2.24) is 14.7 Å². The van der Waals surface area contributed by atoms with Gasteiger partial charge in [0.25, 0.3) is 12.1 Å². The number of rotatable bonds is 6. The van der Waals surface area contributed by atoms with E-state index in [1.807, 2.05) is 6.07 Å². The summed E-state index contributed by atoms with van der Waals surface area (Å²) in [6.07, 6.45) is -1.84. The molecule has 2 aromatic heterocycles. The molecule has 0 amide bonds. The molecule has 0 saturated carbocycles. The SMILES string of the molecule is N#COc1ccc(-c2nc(-c3cccc4c3ccn4CCC(=O)O)no2)cc1C(F)(F)F. The van der Waals surface area contributed by atoms with Gasteiger partial charge in [0.15, 0.2) is 5.75 Å². The predicted octanol–water partition coefficient (Wildman–Crippen LogP) is 4.71. The third-order valence-electron chi connectivity index (χ3n) is 4.73. The third kappa shape index (κ3) is 3.98. The molecule has 0 bridgehead atoms. The number of halogens is 3. The lowest BCUT2D eigenvalue weighted by Gasteiger charge is -2.10. The number of carboxylic acid groups (broad SMARTS) is 1. The molecule has 162 valence electrons. The molecule has 0 radical (unpaired) electrons. The summed E-state index contributed by atoms with van der Waals surface area (Å²) in [6.45, 7) is 0.275. The highest BCUT2D eigenvalue weighted by molar-refractivity contribution is 5.94. The normalized spacial score (nSPS) is 11.4.